The Hall–Kier alpha value is -1.77. The molecule has 0 spiro atoms. The average molecular weight is 378 g/mol. The van der Waals surface area contributed by atoms with Crippen molar-refractivity contribution in [3.63, 3.8) is 0 Å². The zero-order chi connectivity index (χ0) is 18.3. The summed E-state index contributed by atoms with van der Waals surface area (Å²) in [6, 6.07) is 6.06. The summed E-state index contributed by atoms with van der Waals surface area (Å²) in [5, 5.41) is 0. The predicted octanol–water partition coefficient (Wildman–Crippen LogP) is 1.39. The highest BCUT2D eigenvalue weighted by molar-refractivity contribution is 7.89. The van der Waals surface area contributed by atoms with Gasteiger partial charge in [-0.3, -0.25) is 14.5 Å². The van der Waals surface area contributed by atoms with Gasteiger partial charge in [0.2, 0.25) is 21.8 Å². The fraction of sp³-hybridized carbons (Fsp3) is 0.556. The standard InChI is InChI=1S/C18H22N2O5S/c21-17-15-3-1-2-4-16(15)18(22)20(17)13-5-7-14(8-6-13)26(23,24)19-9-11-25-12-10-19/h5-8,15-16H,1-4,9-12H2/t15-,16-/m0/s1. The normalized spacial score (nSPS) is 27.6. The Morgan fingerprint density at radius 3 is 1.96 bits per heavy atom. The molecule has 1 aliphatic carbocycles. The van der Waals surface area contributed by atoms with Gasteiger partial charge in [0.15, 0.2) is 0 Å². The van der Waals surface area contributed by atoms with Crippen molar-refractivity contribution in [3.05, 3.63) is 24.3 Å². The van der Waals surface area contributed by atoms with Crippen LogP contribution in [0.15, 0.2) is 29.2 Å². The molecule has 1 saturated carbocycles. The molecular weight excluding hydrogens is 356 g/mol. The maximum atomic E-state index is 12.7. The Bertz CT molecular complexity index is 790. The van der Waals surface area contributed by atoms with Crippen LogP contribution in [0.5, 0.6) is 0 Å². The molecule has 2 saturated heterocycles. The highest BCUT2D eigenvalue weighted by Gasteiger charge is 2.48. The first kappa shape index (κ1) is 17.6. The molecule has 140 valence electrons. The van der Waals surface area contributed by atoms with Crippen molar-refractivity contribution in [2.45, 2.75) is 30.6 Å². The smallest absolute Gasteiger partial charge is 0.243 e. The summed E-state index contributed by atoms with van der Waals surface area (Å²) in [5.74, 6) is -0.729. The predicted molar refractivity (Wildman–Crippen MR) is 94.0 cm³/mol. The van der Waals surface area contributed by atoms with Gasteiger partial charge in [-0.2, -0.15) is 4.31 Å². The van der Waals surface area contributed by atoms with E-state index in [1.165, 1.54) is 21.3 Å². The number of carbonyl (C=O) groups excluding carboxylic acids is 2. The Morgan fingerprint density at radius 2 is 1.42 bits per heavy atom. The molecule has 0 radical (unpaired) electrons. The number of nitrogens with zero attached hydrogens (tertiary/aromatic N) is 2. The first-order valence-electron chi connectivity index (χ1n) is 9.06. The highest BCUT2D eigenvalue weighted by atomic mass is 32.2. The van der Waals surface area contributed by atoms with Crippen molar-refractivity contribution in [2.24, 2.45) is 11.8 Å². The number of fused-ring (bicyclic) bond motifs is 1. The van der Waals surface area contributed by atoms with E-state index >= 15 is 0 Å². The van der Waals surface area contributed by atoms with E-state index < -0.39 is 10.0 Å². The van der Waals surface area contributed by atoms with E-state index in [1.807, 2.05) is 0 Å². The molecular formula is C18H22N2O5S. The van der Waals surface area contributed by atoms with Crippen molar-refractivity contribution in [1.29, 1.82) is 0 Å². The van der Waals surface area contributed by atoms with E-state index in [1.54, 1.807) is 12.1 Å². The third kappa shape index (κ3) is 2.86. The summed E-state index contributed by atoms with van der Waals surface area (Å²) in [4.78, 5) is 26.7. The van der Waals surface area contributed by atoms with Gasteiger partial charge in [0.05, 0.1) is 35.6 Å². The topological polar surface area (TPSA) is 84.0 Å². The first-order chi connectivity index (χ1) is 12.5. The number of sulfonamides is 1. The zero-order valence-corrected chi connectivity index (χ0v) is 15.3. The molecule has 0 aromatic heterocycles. The minimum atomic E-state index is -3.59. The van der Waals surface area contributed by atoms with Gasteiger partial charge in [-0.1, -0.05) is 12.8 Å². The number of imide groups is 1. The lowest BCUT2D eigenvalue weighted by molar-refractivity contribution is -0.122. The number of morpholine rings is 1. The molecule has 3 fully saturated rings. The van der Waals surface area contributed by atoms with Gasteiger partial charge in [0.25, 0.3) is 0 Å². The molecule has 8 heteroatoms. The molecule has 0 N–H and O–H groups in total. The summed E-state index contributed by atoms with van der Waals surface area (Å²) in [6.07, 6.45) is 3.47. The quantitative estimate of drug-likeness (QED) is 0.742. The monoisotopic (exact) mass is 378 g/mol. The van der Waals surface area contributed by atoms with E-state index in [-0.39, 0.29) is 28.5 Å². The number of ether oxygens (including phenoxy) is 1. The Kier molecular flexibility index (Phi) is 4.58. The minimum absolute atomic E-state index is 0.150. The third-order valence-electron chi connectivity index (χ3n) is 5.54. The number of hydrogen-bond acceptors (Lipinski definition) is 5. The molecule has 2 amide bonds. The van der Waals surface area contributed by atoms with Gasteiger partial charge in [-0.05, 0) is 37.1 Å². The van der Waals surface area contributed by atoms with Crippen LogP contribution in [0.4, 0.5) is 5.69 Å². The first-order valence-corrected chi connectivity index (χ1v) is 10.5. The van der Waals surface area contributed by atoms with Crippen molar-refractivity contribution in [2.75, 3.05) is 31.2 Å². The van der Waals surface area contributed by atoms with E-state index in [9.17, 15) is 18.0 Å². The number of benzene rings is 1. The van der Waals surface area contributed by atoms with E-state index in [0.717, 1.165) is 25.7 Å². The number of hydrogen-bond donors (Lipinski definition) is 0. The van der Waals surface area contributed by atoms with Crippen LogP contribution >= 0.6 is 0 Å². The lowest BCUT2D eigenvalue weighted by atomic mass is 9.81. The highest BCUT2D eigenvalue weighted by Crippen LogP contribution is 2.40. The minimum Gasteiger partial charge on any atom is -0.379 e. The van der Waals surface area contributed by atoms with Crippen LogP contribution in [-0.2, 0) is 24.3 Å². The second kappa shape index (κ2) is 6.75. The van der Waals surface area contributed by atoms with Gasteiger partial charge in [-0.25, -0.2) is 8.42 Å². The van der Waals surface area contributed by atoms with Crippen LogP contribution in [-0.4, -0.2) is 50.8 Å². The Balaban J connectivity index is 1.58. The molecule has 1 aromatic carbocycles. The molecule has 26 heavy (non-hydrogen) atoms. The molecule has 2 aliphatic heterocycles. The summed E-state index contributed by atoms with van der Waals surface area (Å²) < 4.78 is 31.9. The molecule has 4 rings (SSSR count). The lowest BCUT2D eigenvalue weighted by Crippen LogP contribution is -2.40. The summed E-state index contributed by atoms with van der Waals surface area (Å²) in [6.45, 7) is 1.43. The maximum absolute atomic E-state index is 12.7. The van der Waals surface area contributed by atoms with Gasteiger partial charge in [-0.15, -0.1) is 0 Å². The second-order valence-electron chi connectivity index (χ2n) is 7.02. The fourth-order valence-corrected chi connectivity index (χ4v) is 5.53. The van der Waals surface area contributed by atoms with Crippen molar-refractivity contribution < 1.29 is 22.7 Å². The number of carbonyl (C=O) groups is 2. The van der Waals surface area contributed by atoms with Crippen LogP contribution in [0.25, 0.3) is 0 Å². The number of anilines is 1. The van der Waals surface area contributed by atoms with Gasteiger partial charge in [0.1, 0.15) is 0 Å². The van der Waals surface area contributed by atoms with E-state index in [4.69, 9.17) is 4.74 Å². The van der Waals surface area contributed by atoms with Crippen molar-refractivity contribution in [1.82, 2.24) is 4.31 Å². The molecule has 2 heterocycles. The molecule has 7 nitrogen and oxygen atoms in total. The zero-order valence-electron chi connectivity index (χ0n) is 14.5. The van der Waals surface area contributed by atoms with Gasteiger partial charge >= 0.3 is 0 Å². The van der Waals surface area contributed by atoms with E-state index in [0.29, 0.717) is 32.0 Å². The molecule has 3 aliphatic rings. The van der Waals surface area contributed by atoms with Crippen LogP contribution in [0, 0.1) is 11.8 Å². The molecule has 0 unspecified atom stereocenters. The van der Waals surface area contributed by atoms with Crippen LogP contribution in [0.2, 0.25) is 0 Å². The third-order valence-corrected chi connectivity index (χ3v) is 7.46. The van der Waals surface area contributed by atoms with Crippen LogP contribution in [0.1, 0.15) is 25.7 Å². The van der Waals surface area contributed by atoms with Crippen molar-refractivity contribution >= 4 is 27.5 Å². The SMILES string of the molecule is O=C1[C@H]2CCCC[C@@H]2C(=O)N1c1ccc(S(=O)(=O)N2CCOCC2)cc1. The summed E-state index contributed by atoms with van der Waals surface area (Å²) in [5.41, 5.74) is 0.454. The number of rotatable bonds is 3. The summed E-state index contributed by atoms with van der Waals surface area (Å²) >= 11 is 0. The second-order valence-corrected chi connectivity index (χ2v) is 8.96. The van der Waals surface area contributed by atoms with Gasteiger partial charge < -0.3 is 4.74 Å². The van der Waals surface area contributed by atoms with Crippen LogP contribution in [0.3, 0.4) is 0 Å². The maximum Gasteiger partial charge on any atom is 0.243 e. The lowest BCUT2D eigenvalue weighted by Gasteiger charge is -2.26. The molecule has 2 atom stereocenters. The number of amides is 2. The Labute approximate surface area is 153 Å². The van der Waals surface area contributed by atoms with Crippen LogP contribution < -0.4 is 4.90 Å². The summed E-state index contributed by atoms with van der Waals surface area (Å²) in [7, 11) is -3.59. The van der Waals surface area contributed by atoms with Gasteiger partial charge in [0, 0.05) is 13.1 Å². The Morgan fingerprint density at radius 1 is 0.885 bits per heavy atom. The van der Waals surface area contributed by atoms with Crippen molar-refractivity contribution in [3.8, 4) is 0 Å². The molecule has 1 aromatic rings. The molecule has 0 bridgehead atoms. The average Bonchev–Trinajstić information content (AvgIpc) is 2.94. The van der Waals surface area contributed by atoms with E-state index in [2.05, 4.69) is 0 Å². The fourth-order valence-electron chi connectivity index (χ4n) is 4.12. The largest absolute Gasteiger partial charge is 0.379 e.